The third kappa shape index (κ3) is 2.58. The first-order chi connectivity index (χ1) is 9.69. The van der Waals surface area contributed by atoms with Crippen molar-refractivity contribution in [1.29, 1.82) is 0 Å². The lowest BCUT2D eigenvalue weighted by Crippen LogP contribution is -2.19. The first kappa shape index (κ1) is 13.6. The second kappa shape index (κ2) is 5.54. The van der Waals surface area contributed by atoms with E-state index < -0.39 is 0 Å². The Kier molecular flexibility index (Phi) is 3.76. The minimum Gasteiger partial charge on any atom is -0.497 e. The maximum atomic E-state index is 6.15. The van der Waals surface area contributed by atoms with Crippen molar-refractivity contribution in [3.63, 3.8) is 0 Å². The molecule has 1 aliphatic rings. The van der Waals surface area contributed by atoms with Gasteiger partial charge in [-0.1, -0.05) is 11.8 Å². The van der Waals surface area contributed by atoms with Crippen molar-refractivity contribution >= 4 is 23.4 Å². The Morgan fingerprint density at radius 3 is 2.60 bits per heavy atom. The van der Waals surface area contributed by atoms with E-state index in [0.29, 0.717) is 12.4 Å². The minimum atomic E-state index is 0.0990. The van der Waals surface area contributed by atoms with Gasteiger partial charge in [-0.2, -0.15) is 0 Å². The summed E-state index contributed by atoms with van der Waals surface area (Å²) in [5.74, 6) is 2.96. The van der Waals surface area contributed by atoms with Gasteiger partial charge in [0, 0.05) is 17.4 Å². The number of hydrogen-bond acceptors (Lipinski definition) is 5. The number of hydrogen-bond donors (Lipinski definition) is 0. The number of rotatable bonds is 3. The summed E-state index contributed by atoms with van der Waals surface area (Å²) >= 11 is 7.77. The Hall–Kier alpha value is -1.40. The number of halogens is 1. The largest absolute Gasteiger partial charge is 0.497 e. The summed E-state index contributed by atoms with van der Waals surface area (Å²) in [6.45, 7) is 0.692. The normalized spacial score (nSPS) is 17.6. The van der Waals surface area contributed by atoms with Crippen LogP contribution >= 0.6 is 23.4 Å². The van der Waals surface area contributed by atoms with Crippen LogP contribution in [-0.4, -0.2) is 40.1 Å². The Labute approximate surface area is 126 Å². The molecule has 0 N–H and O–H groups in total. The number of benzene rings is 1. The highest BCUT2D eigenvalue weighted by Gasteiger charge is 2.21. The van der Waals surface area contributed by atoms with Gasteiger partial charge in [0.1, 0.15) is 11.5 Å². The molecule has 20 heavy (non-hydrogen) atoms. The van der Waals surface area contributed by atoms with E-state index in [0.717, 1.165) is 28.0 Å². The third-order valence-corrected chi connectivity index (χ3v) is 4.62. The van der Waals surface area contributed by atoms with E-state index >= 15 is 0 Å². The van der Waals surface area contributed by atoms with E-state index in [9.17, 15) is 0 Å². The molecule has 3 rings (SSSR count). The molecule has 1 unspecified atom stereocenters. The van der Waals surface area contributed by atoms with Crippen LogP contribution in [0.4, 0.5) is 0 Å². The molecule has 5 nitrogen and oxygen atoms in total. The number of thioether (sulfide) groups is 1. The molecule has 0 amide bonds. The molecule has 2 heterocycles. The van der Waals surface area contributed by atoms with Gasteiger partial charge in [-0.15, -0.1) is 16.7 Å². The highest BCUT2D eigenvalue weighted by Crippen LogP contribution is 2.31. The number of fused-ring (bicyclic) bond motifs is 1. The van der Waals surface area contributed by atoms with Crippen LogP contribution in [0.25, 0.3) is 11.4 Å². The van der Waals surface area contributed by atoms with Crippen LogP contribution in [-0.2, 0) is 6.54 Å². The van der Waals surface area contributed by atoms with Crippen molar-refractivity contribution in [3.05, 3.63) is 18.2 Å². The number of ether oxygens (including phenoxy) is 2. The average molecular weight is 312 g/mol. The third-order valence-electron chi connectivity index (χ3n) is 3.01. The van der Waals surface area contributed by atoms with E-state index in [4.69, 9.17) is 21.1 Å². The lowest BCUT2D eigenvalue weighted by molar-refractivity contribution is 0.394. The second-order valence-electron chi connectivity index (χ2n) is 4.41. The summed E-state index contributed by atoms with van der Waals surface area (Å²) < 4.78 is 12.4. The van der Waals surface area contributed by atoms with E-state index in [1.165, 1.54) is 0 Å². The molecule has 7 heteroatoms. The van der Waals surface area contributed by atoms with Crippen molar-refractivity contribution in [2.24, 2.45) is 0 Å². The Morgan fingerprint density at radius 2 is 1.95 bits per heavy atom. The van der Waals surface area contributed by atoms with Gasteiger partial charge in [0.15, 0.2) is 11.0 Å². The molecule has 106 valence electrons. The molecular formula is C13H14ClN3O2S. The molecular weight excluding hydrogens is 298 g/mol. The fraction of sp³-hybridized carbons (Fsp3) is 0.385. The summed E-state index contributed by atoms with van der Waals surface area (Å²) in [4.78, 5) is 4.55. The molecule has 1 atom stereocenters. The lowest BCUT2D eigenvalue weighted by atomic mass is 10.2. The molecule has 2 aromatic rings. The van der Waals surface area contributed by atoms with Gasteiger partial charge >= 0.3 is 0 Å². The van der Waals surface area contributed by atoms with E-state index in [1.807, 2.05) is 22.9 Å². The molecule has 1 aliphatic heterocycles. The Morgan fingerprint density at radius 1 is 1.25 bits per heavy atom. The number of nitrogens with zero attached hydrogens (tertiary/aromatic N) is 3. The van der Waals surface area contributed by atoms with Gasteiger partial charge in [-0.3, -0.25) is 0 Å². The Bertz CT molecular complexity index is 610. The van der Waals surface area contributed by atoms with E-state index in [-0.39, 0.29) is 5.38 Å². The van der Waals surface area contributed by atoms with Crippen molar-refractivity contribution in [1.82, 2.24) is 14.8 Å². The van der Waals surface area contributed by atoms with Gasteiger partial charge in [-0.05, 0) is 12.1 Å². The zero-order valence-electron chi connectivity index (χ0n) is 11.2. The van der Waals surface area contributed by atoms with Gasteiger partial charge in [-0.25, -0.2) is 9.67 Å². The van der Waals surface area contributed by atoms with Gasteiger partial charge in [0.2, 0.25) is 0 Å². The van der Waals surface area contributed by atoms with Crippen LogP contribution in [0.3, 0.4) is 0 Å². The van der Waals surface area contributed by atoms with E-state index in [2.05, 4.69) is 10.1 Å². The molecule has 0 fully saturated rings. The molecule has 1 aromatic carbocycles. The molecule has 1 aromatic heterocycles. The van der Waals surface area contributed by atoms with Crippen LogP contribution in [0.1, 0.15) is 0 Å². The molecule has 0 saturated carbocycles. The average Bonchev–Trinajstić information content (AvgIpc) is 2.89. The fourth-order valence-electron chi connectivity index (χ4n) is 2.02. The van der Waals surface area contributed by atoms with Crippen LogP contribution in [0, 0.1) is 0 Å². The van der Waals surface area contributed by atoms with Crippen molar-refractivity contribution < 1.29 is 9.47 Å². The van der Waals surface area contributed by atoms with Crippen molar-refractivity contribution in [2.45, 2.75) is 17.1 Å². The quantitative estimate of drug-likeness (QED) is 0.816. The van der Waals surface area contributed by atoms with Crippen LogP contribution in [0.5, 0.6) is 11.5 Å². The molecule has 0 saturated heterocycles. The zero-order chi connectivity index (χ0) is 14.1. The summed E-state index contributed by atoms with van der Waals surface area (Å²) in [5.41, 5.74) is 0.870. The van der Waals surface area contributed by atoms with Crippen LogP contribution < -0.4 is 9.47 Å². The maximum absolute atomic E-state index is 6.15. The number of alkyl halides is 1. The predicted octanol–water partition coefficient (Wildman–Crippen LogP) is 2.68. The summed E-state index contributed by atoms with van der Waals surface area (Å²) in [5, 5.41) is 5.51. The van der Waals surface area contributed by atoms with E-state index in [1.54, 1.807) is 26.0 Å². The van der Waals surface area contributed by atoms with Gasteiger partial charge in [0.25, 0.3) is 0 Å². The highest BCUT2D eigenvalue weighted by atomic mass is 35.5. The SMILES string of the molecule is COc1cc(OC)cc(-c2nc3n(n2)CC(Cl)CS3)c1. The zero-order valence-corrected chi connectivity index (χ0v) is 12.7. The lowest BCUT2D eigenvalue weighted by Gasteiger charge is -2.15. The predicted molar refractivity (Wildman–Crippen MR) is 78.9 cm³/mol. The summed E-state index contributed by atoms with van der Waals surface area (Å²) in [7, 11) is 3.25. The fourth-order valence-corrected chi connectivity index (χ4v) is 3.19. The highest BCUT2D eigenvalue weighted by molar-refractivity contribution is 7.99. The van der Waals surface area contributed by atoms with Gasteiger partial charge in [0.05, 0.1) is 26.1 Å². The van der Waals surface area contributed by atoms with Crippen LogP contribution in [0.15, 0.2) is 23.4 Å². The molecule has 0 bridgehead atoms. The number of aromatic nitrogens is 3. The van der Waals surface area contributed by atoms with Gasteiger partial charge < -0.3 is 9.47 Å². The smallest absolute Gasteiger partial charge is 0.186 e. The first-order valence-corrected chi connectivity index (χ1v) is 7.57. The summed E-state index contributed by atoms with van der Waals surface area (Å²) in [6.07, 6.45) is 0. The minimum absolute atomic E-state index is 0.0990. The standard InChI is InChI=1S/C13H14ClN3O2S/c1-18-10-3-8(4-11(5-10)19-2)12-15-13-17(16-12)6-9(14)7-20-13/h3-5,9H,6-7H2,1-2H3. The van der Waals surface area contributed by atoms with Crippen LogP contribution in [0.2, 0.25) is 0 Å². The monoisotopic (exact) mass is 311 g/mol. The Balaban J connectivity index is 2.00. The second-order valence-corrected chi connectivity index (χ2v) is 6.01. The maximum Gasteiger partial charge on any atom is 0.186 e. The topological polar surface area (TPSA) is 49.2 Å². The molecule has 0 spiro atoms. The first-order valence-electron chi connectivity index (χ1n) is 6.14. The van der Waals surface area contributed by atoms with Crippen molar-refractivity contribution in [3.8, 4) is 22.9 Å². The number of methoxy groups -OCH3 is 2. The van der Waals surface area contributed by atoms with Crippen molar-refractivity contribution in [2.75, 3.05) is 20.0 Å². The molecule has 0 radical (unpaired) electrons. The molecule has 0 aliphatic carbocycles. The summed E-state index contributed by atoms with van der Waals surface area (Å²) in [6, 6.07) is 5.61.